The molecule has 0 unspecified atom stereocenters. The summed E-state index contributed by atoms with van der Waals surface area (Å²) in [7, 11) is 0. The van der Waals surface area contributed by atoms with Crippen LogP contribution in [0.15, 0.2) is 6.07 Å². The Morgan fingerprint density at radius 3 is 2.73 bits per heavy atom. The van der Waals surface area contributed by atoms with Gasteiger partial charge in [-0.15, -0.1) is 0 Å². The fourth-order valence-electron chi connectivity index (χ4n) is 1.26. The van der Waals surface area contributed by atoms with Crippen LogP contribution in [0.5, 0.6) is 0 Å². The maximum atomic E-state index is 11.6. The van der Waals surface area contributed by atoms with E-state index >= 15 is 0 Å². The van der Waals surface area contributed by atoms with Gasteiger partial charge in [-0.2, -0.15) is 5.10 Å². The van der Waals surface area contributed by atoms with Gasteiger partial charge in [0.1, 0.15) is 11.5 Å². The maximum absolute atomic E-state index is 11.6. The lowest BCUT2D eigenvalue weighted by Crippen LogP contribution is -2.30. The van der Waals surface area contributed by atoms with Crippen molar-refractivity contribution in [3.8, 4) is 0 Å². The molecule has 5 heteroatoms. The molecule has 0 bridgehead atoms. The molecule has 5 nitrogen and oxygen atoms in total. The van der Waals surface area contributed by atoms with Gasteiger partial charge in [0, 0.05) is 6.54 Å². The third-order valence-electron chi connectivity index (χ3n) is 1.93. The Kier molecular flexibility index (Phi) is 3.60. The number of aromatic nitrogens is 2. The maximum Gasteiger partial charge on any atom is 0.269 e. The van der Waals surface area contributed by atoms with Crippen LogP contribution in [0, 0.1) is 6.92 Å². The van der Waals surface area contributed by atoms with Gasteiger partial charge in [0.05, 0.1) is 12.2 Å². The fourth-order valence-corrected chi connectivity index (χ4v) is 1.26. The predicted molar refractivity (Wildman–Crippen MR) is 55.7 cm³/mol. The zero-order valence-corrected chi connectivity index (χ0v) is 9.20. The van der Waals surface area contributed by atoms with Gasteiger partial charge in [-0.3, -0.25) is 14.3 Å². The molecule has 1 amide bonds. The highest BCUT2D eigenvalue weighted by Crippen LogP contribution is 2.03. The summed E-state index contributed by atoms with van der Waals surface area (Å²) in [5.74, 6) is -0.324. The second kappa shape index (κ2) is 4.72. The average molecular weight is 209 g/mol. The number of hydrogen-bond acceptors (Lipinski definition) is 3. The Hall–Kier alpha value is -1.65. The molecule has 0 aromatic carbocycles. The lowest BCUT2D eigenvalue weighted by Gasteiger charge is -2.04. The van der Waals surface area contributed by atoms with E-state index < -0.39 is 0 Å². The normalized spacial score (nSPS) is 10.1. The summed E-state index contributed by atoms with van der Waals surface area (Å²) in [4.78, 5) is 22.3. The Balaban J connectivity index is 2.76. The van der Waals surface area contributed by atoms with E-state index in [1.165, 1.54) is 6.92 Å². The topological polar surface area (TPSA) is 64.0 Å². The fraction of sp³-hybridized carbons (Fsp3) is 0.500. The highest BCUT2D eigenvalue weighted by molar-refractivity contribution is 5.95. The number of amides is 1. The number of Topliss-reactive ketones (excluding diaryl/α,β-unsaturated/α-hetero) is 1. The molecule has 1 rings (SSSR count). The van der Waals surface area contributed by atoms with Crippen LogP contribution in [0.25, 0.3) is 0 Å². The summed E-state index contributed by atoms with van der Waals surface area (Å²) in [5, 5.41) is 6.69. The Morgan fingerprint density at radius 1 is 1.53 bits per heavy atom. The minimum Gasteiger partial charge on any atom is -0.344 e. The highest BCUT2D eigenvalue weighted by atomic mass is 16.2. The van der Waals surface area contributed by atoms with Gasteiger partial charge in [-0.25, -0.2) is 0 Å². The van der Waals surface area contributed by atoms with E-state index in [1.54, 1.807) is 10.7 Å². The minimum atomic E-state index is -0.257. The van der Waals surface area contributed by atoms with Crippen molar-refractivity contribution in [2.24, 2.45) is 0 Å². The van der Waals surface area contributed by atoms with Crippen molar-refractivity contribution < 1.29 is 9.59 Å². The van der Waals surface area contributed by atoms with Crippen molar-refractivity contribution >= 4 is 11.7 Å². The molecule has 15 heavy (non-hydrogen) atoms. The molecule has 0 spiro atoms. The number of hydrogen-bond donors (Lipinski definition) is 1. The summed E-state index contributed by atoms with van der Waals surface area (Å²) in [6.07, 6.45) is 0. The van der Waals surface area contributed by atoms with Crippen LogP contribution in [0.4, 0.5) is 0 Å². The zero-order chi connectivity index (χ0) is 11.4. The minimum absolute atomic E-state index is 0.0623. The van der Waals surface area contributed by atoms with Crippen LogP contribution in [0.2, 0.25) is 0 Å². The molecule has 1 aromatic heterocycles. The summed E-state index contributed by atoms with van der Waals surface area (Å²) in [5.41, 5.74) is 1.29. The molecule has 0 radical (unpaired) electrons. The van der Waals surface area contributed by atoms with Gasteiger partial charge in [0.15, 0.2) is 0 Å². The van der Waals surface area contributed by atoms with E-state index in [4.69, 9.17) is 0 Å². The number of nitrogens with one attached hydrogen (secondary N) is 1. The van der Waals surface area contributed by atoms with Crippen LogP contribution in [-0.4, -0.2) is 28.0 Å². The summed E-state index contributed by atoms with van der Waals surface area (Å²) in [6.45, 7) is 5.87. The van der Waals surface area contributed by atoms with E-state index in [1.807, 2.05) is 13.8 Å². The first kappa shape index (κ1) is 11.4. The summed E-state index contributed by atoms with van der Waals surface area (Å²) in [6, 6.07) is 1.71. The second-order valence-electron chi connectivity index (χ2n) is 3.37. The first-order valence-electron chi connectivity index (χ1n) is 4.86. The molecule has 1 aromatic rings. The number of ketones is 1. The van der Waals surface area contributed by atoms with Crippen molar-refractivity contribution in [2.75, 3.05) is 6.54 Å². The van der Waals surface area contributed by atoms with Crippen molar-refractivity contribution in [1.29, 1.82) is 0 Å². The Bertz CT molecular complexity index is 382. The third kappa shape index (κ3) is 2.90. The number of aryl methyl sites for hydroxylation is 2. The second-order valence-corrected chi connectivity index (χ2v) is 3.37. The third-order valence-corrected chi connectivity index (χ3v) is 1.93. The van der Waals surface area contributed by atoms with Gasteiger partial charge in [-0.1, -0.05) is 0 Å². The van der Waals surface area contributed by atoms with Gasteiger partial charge >= 0.3 is 0 Å². The standard InChI is InChI=1S/C10H15N3O2/c1-4-13-9(5-7(2)12-13)10(15)11-6-8(3)14/h5H,4,6H2,1-3H3,(H,11,15). The number of rotatable bonds is 4. The molecule has 0 fully saturated rings. The van der Waals surface area contributed by atoms with Crippen LogP contribution in [0.1, 0.15) is 30.0 Å². The molecule has 1 heterocycles. The van der Waals surface area contributed by atoms with Gasteiger partial charge in [0.2, 0.25) is 0 Å². The molecule has 0 aliphatic carbocycles. The highest BCUT2D eigenvalue weighted by Gasteiger charge is 2.12. The smallest absolute Gasteiger partial charge is 0.269 e. The van der Waals surface area contributed by atoms with Gasteiger partial charge in [0.25, 0.3) is 5.91 Å². The van der Waals surface area contributed by atoms with Crippen LogP contribution in [0.3, 0.4) is 0 Å². The number of carbonyl (C=O) groups is 2. The molecule has 0 saturated carbocycles. The molecular weight excluding hydrogens is 194 g/mol. The molecule has 0 saturated heterocycles. The predicted octanol–water partition coefficient (Wildman–Crippen LogP) is 0.530. The molecule has 1 N–H and O–H groups in total. The van der Waals surface area contributed by atoms with E-state index in [9.17, 15) is 9.59 Å². The lowest BCUT2D eigenvalue weighted by molar-refractivity contribution is -0.116. The summed E-state index contributed by atoms with van der Waals surface area (Å²) < 4.78 is 1.62. The average Bonchev–Trinajstić information content (AvgIpc) is 2.56. The van der Waals surface area contributed by atoms with Crippen molar-refractivity contribution in [1.82, 2.24) is 15.1 Å². The Labute approximate surface area is 88.5 Å². The lowest BCUT2D eigenvalue weighted by atomic mass is 10.3. The zero-order valence-electron chi connectivity index (χ0n) is 9.20. The monoisotopic (exact) mass is 209 g/mol. The van der Waals surface area contributed by atoms with Crippen molar-refractivity contribution in [3.05, 3.63) is 17.5 Å². The summed E-state index contributed by atoms with van der Waals surface area (Å²) >= 11 is 0. The first-order chi connectivity index (χ1) is 7.04. The Morgan fingerprint density at radius 2 is 2.20 bits per heavy atom. The van der Waals surface area contributed by atoms with E-state index in [2.05, 4.69) is 10.4 Å². The number of nitrogens with zero attached hydrogens (tertiary/aromatic N) is 2. The van der Waals surface area contributed by atoms with Crippen molar-refractivity contribution in [2.45, 2.75) is 27.3 Å². The number of carbonyl (C=O) groups excluding carboxylic acids is 2. The van der Waals surface area contributed by atoms with Crippen LogP contribution < -0.4 is 5.32 Å². The molecule has 82 valence electrons. The van der Waals surface area contributed by atoms with E-state index in [0.29, 0.717) is 12.2 Å². The van der Waals surface area contributed by atoms with E-state index in [0.717, 1.165) is 5.69 Å². The van der Waals surface area contributed by atoms with E-state index in [-0.39, 0.29) is 18.2 Å². The molecule has 0 aliphatic heterocycles. The molecular formula is C10H15N3O2. The van der Waals surface area contributed by atoms with Gasteiger partial charge < -0.3 is 5.32 Å². The van der Waals surface area contributed by atoms with Gasteiger partial charge in [-0.05, 0) is 26.8 Å². The SMILES string of the molecule is CCn1nc(C)cc1C(=O)NCC(C)=O. The molecule has 0 aliphatic rings. The molecule has 0 atom stereocenters. The van der Waals surface area contributed by atoms with Crippen LogP contribution in [-0.2, 0) is 11.3 Å². The largest absolute Gasteiger partial charge is 0.344 e. The first-order valence-corrected chi connectivity index (χ1v) is 4.86. The quantitative estimate of drug-likeness (QED) is 0.786. The van der Waals surface area contributed by atoms with Crippen LogP contribution >= 0.6 is 0 Å². The van der Waals surface area contributed by atoms with Crippen molar-refractivity contribution in [3.63, 3.8) is 0 Å².